The van der Waals surface area contributed by atoms with Crippen LogP contribution >= 0.6 is 0 Å². The average Bonchev–Trinajstić information content (AvgIpc) is 3.37. The molecule has 4 rings (SSSR count). The van der Waals surface area contributed by atoms with Crippen LogP contribution < -0.4 is 0 Å². The minimum Gasteiger partial charge on any atom is -0.384 e. The number of aliphatic hydroxyl groups is 1. The predicted octanol–water partition coefficient (Wildman–Crippen LogP) is 5.44. The maximum Gasteiger partial charge on any atom is 0.416 e. The molecule has 1 aliphatic carbocycles. The smallest absolute Gasteiger partial charge is 0.384 e. The number of carbonyl (C=O) groups excluding carboxylic acids is 2. The van der Waals surface area contributed by atoms with Gasteiger partial charge in [-0.25, -0.2) is 0 Å². The van der Waals surface area contributed by atoms with Crippen LogP contribution in [0, 0.1) is 11.8 Å². The number of nitrogens with zero attached hydrogens (tertiary/aromatic N) is 3. The fraction of sp³-hybridized carbons (Fsp3) is 0.567. The van der Waals surface area contributed by atoms with E-state index < -0.39 is 23.1 Å². The Hall–Kier alpha value is -2.78. The summed E-state index contributed by atoms with van der Waals surface area (Å²) in [5.74, 6) is 0.287. The molecule has 1 saturated carbocycles. The van der Waals surface area contributed by atoms with Gasteiger partial charge in [-0.2, -0.15) is 13.2 Å². The van der Waals surface area contributed by atoms with Gasteiger partial charge in [0.2, 0.25) is 5.91 Å². The molecule has 2 aliphatic rings. The van der Waals surface area contributed by atoms with Crippen molar-refractivity contribution in [1.29, 1.82) is 0 Å². The van der Waals surface area contributed by atoms with E-state index in [1.807, 2.05) is 32.4 Å². The lowest BCUT2D eigenvalue weighted by molar-refractivity contribution is -0.137. The van der Waals surface area contributed by atoms with Gasteiger partial charge in [0.05, 0.1) is 11.3 Å². The van der Waals surface area contributed by atoms with E-state index in [0.29, 0.717) is 37.8 Å². The molecule has 6 nitrogen and oxygen atoms in total. The molecule has 212 valence electrons. The van der Waals surface area contributed by atoms with Crippen molar-refractivity contribution in [1.82, 2.24) is 14.8 Å². The second-order valence-corrected chi connectivity index (χ2v) is 11.5. The van der Waals surface area contributed by atoms with E-state index in [0.717, 1.165) is 55.6 Å². The van der Waals surface area contributed by atoms with Crippen LogP contribution in [-0.2, 0) is 23.1 Å². The minimum absolute atomic E-state index is 0.00140. The number of Topliss-reactive ketones (excluding diaryl/α,β-unsaturated/α-hetero) is 1. The number of aromatic nitrogens is 1. The van der Waals surface area contributed by atoms with Crippen molar-refractivity contribution in [2.45, 2.75) is 69.7 Å². The van der Waals surface area contributed by atoms with Crippen molar-refractivity contribution in [2.24, 2.45) is 11.8 Å². The van der Waals surface area contributed by atoms with Gasteiger partial charge in [0, 0.05) is 44.2 Å². The summed E-state index contributed by atoms with van der Waals surface area (Å²) in [7, 11) is 4.02. The molecule has 0 bridgehead atoms. The second kappa shape index (κ2) is 12.2. The molecular formula is C30H38F3N3O3. The molecule has 0 spiro atoms. The van der Waals surface area contributed by atoms with Gasteiger partial charge in [-0.1, -0.05) is 18.2 Å². The third-order valence-electron chi connectivity index (χ3n) is 8.12. The largest absolute Gasteiger partial charge is 0.416 e. The quantitative estimate of drug-likeness (QED) is 0.425. The van der Waals surface area contributed by atoms with E-state index in [-0.39, 0.29) is 24.3 Å². The maximum absolute atomic E-state index is 12.9. The summed E-state index contributed by atoms with van der Waals surface area (Å²) < 4.78 is 38.8. The SMILES string of the molecule is CN(C)Cc1ccc(C2(O)CCC(C[C@H]3CCN(C(=O)CCC(=O)c4cccc(C(F)(F)F)c4)C3)CC2)nc1. The van der Waals surface area contributed by atoms with Gasteiger partial charge in [0.15, 0.2) is 5.78 Å². The Kier molecular flexibility index (Phi) is 9.11. The third-order valence-corrected chi connectivity index (χ3v) is 8.12. The Morgan fingerprint density at radius 1 is 1.08 bits per heavy atom. The number of benzene rings is 1. The summed E-state index contributed by atoms with van der Waals surface area (Å²) in [6, 6.07) is 8.32. The Balaban J connectivity index is 1.21. The molecule has 1 atom stereocenters. The molecular weight excluding hydrogens is 507 g/mol. The highest BCUT2D eigenvalue weighted by molar-refractivity contribution is 5.98. The summed E-state index contributed by atoms with van der Waals surface area (Å²) in [6.45, 7) is 2.09. The summed E-state index contributed by atoms with van der Waals surface area (Å²) in [6.07, 6.45) is 2.29. The van der Waals surface area contributed by atoms with E-state index >= 15 is 0 Å². The molecule has 2 aromatic rings. The molecule has 1 aromatic heterocycles. The van der Waals surface area contributed by atoms with Crippen LogP contribution in [0.15, 0.2) is 42.6 Å². The highest BCUT2D eigenvalue weighted by Gasteiger charge is 2.37. The molecule has 1 amide bonds. The summed E-state index contributed by atoms with van der Waals surface area (Å²) in [5.41, 5.74) is 0.0743. The Labute approximate surface area is 228 Å². The molecule has 2 fully saturated rings. The van der Waals surface area contributed by atoms with Crippen LogP contribution in [-0.4, -0.2) is 58.8 Å². The van der Waals surface area contributed by atoms with Crippen molar-refractivity contribution in [3.05, 3.63) is 65.0 Å². The van der Waals surface area contributed by atoms with Crippen LogP contribution in [0.4, 0.5) is 13.2 Å². The number of ketones is 1. The van der Waals surface area contributed by atoms with Gasteiger partial charge in [0.25, 0.3) is 0 Å². The van der Waals surface area contributed by atoms with Crippen LogP contribution in [0.25, 0.3) is 0 Å². The first kappa shape index (κ1) is 29.2. The Morgan fingerprint density at radius 3 is 2.46 bits per heavy atom. The molecule has 2 heterocycles. The van der Waals surface area contributed by atoms with Gasteiger partial charge >= 0.3 is 6.18 Å². The predicted molar refractivity (Wildman–Crippen MR) is 142 cm³/mol. The van der Waals surface area contributed by atoms with Crippen LogP contribution in [0.1, 0.15) is 78.5 Å². The van der Waals surface area contributed by atoms with E-state index in [4.69, 9.17) is 0 Å². The molecule has 1 N–H and O–H groups in total. The van der Waals surface area contributed by atoms with E-state index in [9.17, 15) is 27.9 Å². The standard InChI is InChI=1S/C30H38F3N3O3/c1-35(2)19-23-6-8-27(34-18-23)29(39)13-10-21(11-14-29)16-22-12-15-36(20-22)28(38)9-7-26(37)24-4-3-5-25(17-24)30(31,32)33/h3-6,8,17-18,21-22,39H,7,9-16,19-20H2,1-2H3/t21?,22-,29?/m1/s1. The van der Waals surface area contributed by atoms with Gasteiger partial charge in [-0.05, 0) is 88.2 Å². The lowest BCUT2D eigenvalue weighted by Gasteiger charge is -2.36. The number of amides is 1. The Morgan fingerprint density at radius 2 is 1.82 bits per heavy atom. The number of rotatable bonds is 9. The van der Waals surface area contributed by atoms with E-state index in [1.165, 1.54) is 12.1 Å². The van der Waals surface area contributed by atoms with Gasteiger partial charge < -0.3 is 14.9 Å². The molecule has 1 saturated heterocycles. The Bertz CT molecular complexity index is 1140. The summed E-state index contributed by atoms with van der Waals surface area (Å²) in [4.78, 5) is 33.6. The lowest BCUT2D eigenvalue weighted by Crippen LogP contribution is -2.33. The number of alkyl halides is 3. The van der Waals surface area contributed by atoms with Crippen molar-refractivity contribution in [3.63, 3.8) is 0 Å². The summed E-state index contributed by atoms with van der Waals surface area (Å²) in [5, 5.41) is 11.2. The zero-order chi connectivity index (χ0) is 28.2. The third kappa shape index (κ3) is 7.66. The summed E-state index contributed by atoms with van der Waals surface area (Å²) >= 11 is 0. The topological polar surface area (TPSA) is 73.7 Å². The molecule has 0 unspecified atom stereocenters. The first-order valence-electron chi connectivity index (χ1n) is 13.7. The number of hydrogen-bond donors (Lipinski definition) is 1. The zero-order valence-electron chi connectivity index (χ0n) is 22.7. The van der Waals surface area contributed by atoms with Gasteiger partial charge in [-0.3, -0.25) is 14.6 Å². The molecule has 1 aliphatic heterocycles. The van der Waals surface area contributed by atoms with Gasteiger partial charge in [-0.15, -0.1) is 0 Å². The number of likely N-dealkylation sites (tertiary alicyclic amines) is 1. The van der Waals surface area contributed by atoms with Crippen molar-refractivity contribution < 1.29 is 27.9 Å². The van der Waals surface area contributed by atoms with Crippen LogP contribution in [0.5, 0.6) is 0 Å². The van der Waals surface area contributed by atoms with E-state index in [1.54, 1.807) is 4.90 Å². The highest BCUT2D eigenvalue weighted by Crippen LogP contribution is 2.41. The van der Waals surface area contributed by atoms with Crippen molar-refractivity contribution >= 4 is 11.7 Å². The first-order chi connectivity index (χ1) is 18.4. The van der Waals surface area contributed by atoms with Crippen molar-refractivity contribution in [3.8, 4) is 0 Å². The molecule has 39 heavy (non-hydrogen) atoms. The number of halogens is 3. The maximum atomic E-state index is 12.9. The monoisotopic (exact) mass is 545 g/mol. The first-order valence-corrected chi connectivity index (χ1v) is 13.7. The van der Waals surface area contributed by atoms with Crippen LogP contribution in [0.2, 0.25) is 0 Å². The van der Waals surface area contributed by atoms with Crippen molar-refractivity contribution in [2.75, 3.05) is 27.2 Å². The average molecular weight is 546 g/mol. The zero-order valence-corrected chi connectivity index (χ0v) is 22.7. The highest BCUT2D eigenvalue weighted by atomic mass is 19.4. The van der Waals surface area contributed by atoms with Gasteiger partial charge in [0.1, 0.15) is 5.60 Å². The number of carbonyl (C=O) groups is 2. The lowest BCUT2D eigenvalue weighted by atomic mass is 9.74. The molecule has 0 radical (unpaired) electrons. The second-order valence-electron chi connectivity index (χ2n) is 11.5. The molecule has 1 aromatic carbocycles. The number of pyridine rings is 1. The van der Waals surface area contributed by atoms with E-state index in [2.05, 4.69) is 9.88 Å². The fourth-order valence-corrected chi connectivity index (χ4v) is 5.92. The van der Waals surface area contributed by atoms with Crippen LogP contribution in [0.3, 0.4) is 0 Å². The molecule has 9 heteroatoms. The normalized spacial score (nSPS) is 23.8. The number of hydrogen-bond acceptors (Lipinski definition) is 5. The minimum atomic E-state index is -4.51. The fourth-order valence-electron chi connectivity index (χ4n) is 5.92.